The molecule has 1 aromatic heterocycles. The van der Waals surface area contributed by atoms with Gasteiger partial charge in [-0.2, -0.15) is 0 Å². The smallest absolute Gasteiger partial charge is 0.271 e. The molecule has 0 bridgehead atoms. The molecule has 3 heterocycles. The topological polar surface area (TPSA) is 132 Å². The van der Waals surface area contributed by atoms with Crippen molar-refractivity contribution in [3.05, 3.63) is 105 Å². The summed E-state index contributed by atoms with van der Waals surface area (Å²) in [5.41, 5.74) is 3.18. The third-order valence-electron chi connectivity index (χ3n) is 8.83. The highest BCUT2D eigenvalue weighted by molar-refractivity contribution is 6.22. The highest BCUT2D eigenvalue weighted by Crippen LogP contribution is 2.50. The molecule has 44 heavy (non-hydrogen) atoms. The largest absolute Gasteiger partial charge is 0.489 e. The minimum Gasteiger partial charge on any atom is -0.489 e. The van der Waals surface area contributed by atoms with Crippen LogP contribution < -0.4 is 9.64 Å². The van der Waals surface area contributed by atoms with Gasteiger partial charge in [0.1, 0.15) is 30.5 Å². The number of ether oxygens (including phenoxy) is 2. The molecular formula is C34H34N2O8. The minimum atomic E-state index is -0.608. The van der Waals surface area contributed by atoms with Gasteiger partial charge in [0.15, 0.2) is 0 Å². The summed E-state index contributed by atoms with van der Waals surface area (Å²) in [5.74, 6) is -0.295. The van der Waals surface area contributed by atoms with Crippen molar-refractivity contribution >= 4 is 29.3 Å². The monoisotopic (exact) mass is 598 g/mol. The highest BCUT2D eigenvalue weighted by Gasteiger charge is 2.57. The number of fused-ring (bicyclic) bond motifs is 3. The first-order valence-electron chi connectivity index (χ1n) is 14.9. The summed E-state index contributed by atoms with van der Waals surface area (Å²) < 4.78 is 18.2. The molecule has 1 N–H and O–H groups in total. The molecule has 2 amide bonds. The Kier molecular flexibility index (Phi) is 8.45. The average molecular weight is 599 g/mol. The lowest BCUT2D eigenvalue weighted by Gasteiger charge is -2.31. The summed E-state index contributed by atoms with van der Waals surface area (Å²) >= 11 is 0. The Morgan fingerprint density at radius 3 is 2.64 bits per heavy atom. The number of para-hydroxylation sites is 1. The van der Waals surface area contributed by atoms with E-state index in [4.69, 9.17) is 13.9 Å². The lowest BCUT2D eigenvalue weighted by molar-refractivity contribution is -0.384. The maximum atomic E-state index is 13.9. The maximum absolute atomic E-state index is 13.9. The molecule has 4 atom stereocenters. The first-order chi connectivity index (χ1) is 21.4. The number of non-ortho nitro benzene ring substituents is 1. The number of nitro benzene ring substituents is 1. The Morgan fingerprint density at radius 2 is 1.91 bits per heavy atom. The number of furan rings is 1. The molecule has 2 aromatic carbocycles. The van der Waals surface area contributed by atoms with Gasteiger partial charge < -0.3 is 19.0 Å². The normalized spacial score (nSPS) is 23.2. The van der Waals surface area contributed by atoms with Gasteiger partial charge in [-0.15, -0.1) is 0 Å². The van der Waals surface area contributed by atoms with Crippen LogP contribution in [-0.2, 0) is 20.9 Å². The van der Waals surface area contributed by atoms with E-state index < -0.39 is 16.8 Å². The Labute approximate surface area is 254 Å². The van der Waals surface area contributed by atoms with Crippen molar-refractivity contribution in [2.24, 2.45) is 17.8 Å². The summed E-state index contributed by atoms with van der Waals surface area (Å²) in [4.78, 5) is 39.7. The van der Waals surface area contributed by atoms with Gasteiger partial charge in [0, 0.05) is 18.1 Å². The van der Waals surface area contributed by atoms with E-state index in [1.807, 2.05) is 42.5 Å². The predicted molar refractivity (Wildman–Crippen MR) is 162 cm³/mol. The summed E-state index contributed by atoms with van der Waals surface area (Å²) in [5, 5.41) is 20.7. The summed E-state index contributed by atoms with van der Waals surface area (Å²) in [6.45, 7) is 2.50. The molecule has 3 aliphatic rings. The van der Waals surface area contributed by atoms with Crippen LogP contribution in [0.25, 0.3) is 6.08 Å². The number of carbonyl (C=O) groups excluding carboxylic acids is 2. The molecule has 2 fully saturated rings. The van der Waals surface area contributed by atoms with Crippen molar-refractivity contribution in [2.75, 3.05) is 18.1 Å². The van der Waals surface area contributed by atoms with E-state index >= 15 is 0 Å². The number of hydrogen-bond donors (Lipinski definition) is 1. The number of aliphatic hydroxyl groups excluding tert-OH is 1. The zero-order valence-corrected chi connectivity index (χ0v) is 24.4. The van der Waals surface area contributed by atoms with Gasteiger partial charge >= 0.3 is 0 Å². The van der Waals surface area contributed by atoms with Crippen molar-refractivity contribution in [1.82, 2.24) is 0 Å². The van der Waals surface area contributed by atoms with E-state index in [9.17, 15) is 24.8 Å². The summed E-state index contributed by atoms with van der Waals surface area (Å²) in [7, 11) is 0. The van der Waals surface area contributed by atoms with Gasteiger partial charge in [-0.1, -0.05) is 36.8 Å². The van der Waals surface area contributed by atoms with E-state index in [1.165, 1.54) is 18.2 Å². The van der Waals surface area contributed by atoms with Crippen LogP contribution in [-0.4, -0.2) is 41.2 Å². The molecule has 1 aliphatic carbocycles. The van der Waals surface area contributed by atoms with Crippen LogP contribution in [0.5, 0.6) is 5.75 Å². The molecule has 10 heteroatoms. The third-order valence-corrected chi connectivity index (χ3v) is 8.83. The van der Waals surface area contributed by atoms with Gasteiger partial charge in [0.05, 0.1) is 35.2 Å². The second kappa shape index (κ2) is 12.6. The van der Waals surface area contributed by atoms with E-state index in [2.05, 4.69) is 6.92 Å². The number of nitrogens with zero attached hydrogens (tertiary/aromatic N) is 2. The number of allylic oxidation sites excluding steroid dienone is 1. The first-order valence-corrected chi connectivity index (χ1v) is 14.9. The SMILES string of the molecule is CC/C(=C\c1ccc(CO)o1)CC[C@H]1OC[C@H]2C1=C(COc1ccccc1)C[C@H]1C(=O)N(c3cccc([N+](=O)[O-])c3)C(=O)[C@H]12. The Bertz CT molecular complexity index is 1620. The Morgan fingerprint density at radius 1 is 1.09 bits per heavy atom. The maximum Gasteiger partial charge on any atom is 0.271 e. The highest BCUT2D eigenvalue weighted by atomic mass is 16.6. The van der Waals surface area contributed by atoms with Crippen LogP contribution in [0.15, 0.2) is 87.9 Å². The standard InChI is InChI=1S/C34H34N2O8/c1-2-21(15-26-12-13-27(18-37)44-26)11-14-30-31-22(19-42-25-9-4-3-5-10-25)16-28-32(29(31)20-43-30)34(39)35(33(28)38)23-7-6-8-24(17-23)36(40)41/h3-10,12-13,15,17,28-30,32,37H,2,11,14,16,18-20H2,1H3/b21-15+/t28-,29+,30-,32-/m1/s1. The number of carbonyl (C=O) groups is 2. The van der Waals surface area contributed by atoms with Gasteiger partial charge in [0.2, 0.25) is 11.8 Å². The van der Waals surface area contributed by atoms with Crippen LogP contribution in [0.2, 0.25) is 0 Å². The number of anilines is 1. The van der Waals surface area contributed by atoms with Gasteiger partial charge in [-0.25, -0.2) is 4.90 Å². The summed E-state index contributed by atoms with van der Waals surface area (Å²) in [6.07, 6.45) is 4.33. The number of nitro groups is 1. The van der Waals surface area contributed by atoms with Crippen LogP contribution in [0, 0.1) is 27.9 Å². The fourth-order valence-electron chi connectivity index (χ4n) is 6.72. The first kappa shape index (κ1) is 29.5. The molecule has 10 nitrogen and oxygen atoms in total. The van der Waals surface area contributed by atoms with Crippen LogP contribution in [0.1, 0.15) is 44.1 Å². The fraction of sp³-hybridized carbons (Fsp3) is 0.353. The van der Waals surface area contributed by atoms with E-state index in [1.54, 1.807) is 12.1 Å². The molecule has 0 saturated carbocycles. The van der Waals surface area contributed by atoms with Crippen molar-refractivity contribution in [2.45, 2.75) is 45.3 Å². The van der Waals surface area contributed by atoms with Crippen molar-refractivity contribution in [3.63, 3.8) is 0 Å². The molecule has 2 saturated heterocycles. The lowest BCUT2D eigenvalue weighted by atomic mass is 9.69. The molecule has 0 unspecified atom stereocenters. The van der Waals surface area contributed by atoms with Crippen molar-refractivity contribution < 1.29 is 33.5 Å². The van der Waals surface area contributed by atoms with Crippen molar-refractivity contribution in [1.29, 1.82) is 0 Å². The van der Waals surface area contributed by atoms with Gasteiger partial charge in [-0.3, -0.25) is 19.7 Å². The Balaban J connectivity index is 1.28. The molecule has 0 radical (unpaired) electrons. The molecule has 2 aliphatic heterocycles. The molecule has 0 spiro atoms. The van der Waals surface area contributed by atoms with Crippen LogP contribution >= 0.6 is 0 Å². The number of amides is 2. The second-order valence-corrected chi connectivity index (χ2v) is 11.4. The second-order valence-electron chi connectivity index (χ2n) is 11.4. The molecule has 3 aromatic rings. The van der Waals surface area contributed by atoms with E-state index in [0.717, 1.165) is 34.5 Å². The number of rotatable bonds is 11. The van der Waals surface area contributed by atoms with Gasteiger partial charge in [-0.05, 0) is 73.2 Å². The third kappa shape index (κ3) is 5.70. The molecule has 228 valence electrons. The Hall–Kier alpha value is -4.54. The molecule has 6 rings (SSSR count). The summed E-state index contributed by atoms with van der Waals surface area (Å²) in [6, 6.07) is 18.7. The van der Waals surface area contributed by atoms with Crippen LogP contribution in [0.4, 0.5) is 11.4 Å². The van der Waals surface area contributed by atoms with Gasteiger partial charge in [0.25, 0.3) is 5.69 Å². The zero-order valence-electron chi connectivity index (χ0n) is 24.4. The average Bonchev–Trinajstić information content (AvgIpc) is 3.74. The quantitative estimate of drug-likeness (QED) is 0.126. The number of hydrogen-bond acceptors (Lipinski definition) is 8. The number of benzene rings is 2. The van der Waals surface area contributed by atoms with E-state index in [0.29, 0.717) is 36.7 Å². The number of aliphatic hydroxyl groups is 1. The minimum absolute atomic E-state index is 0.156. The number of imide groups is 1. The zero-order chi connectivity index (χ0) is 30.8. The van der Waals surface area contributed by atoms with Crippen molar-refractivity contribution in [3.8, 4) is 5.75 Å². The lowest BCUT2D eigenvalue weighted by Crippen LogP contribution is -2.35. The van der Waals surface area contributed by atoms with E-state index in [-0.39, 0.29) is 48.4 Å². The fourth-order valence-corrected chi connectivity index (χ4v) is 6.72. The molecular weight excluding hydrogens is 564 g/mol. The predicted octanol–water partition coefficient (Wildman–Crippen LogP) is 5.85. The van der Waals surface area contributed by atoms with Crippen LogP contribution in [0.3, 0.4) is 0 Å².